The molecule has 1 aromatic carbocycles. The topological polar surface area (TPSA) is 94.2 Å². The van der Waals surface area contributed by atoms with Crippen molar-refractivity contribution in [3.8, 4) is 5.75 Å². The van der Waals surface area contributed by atoms with Crippen LogP contribution in [0.4, 0.5) is 9.59 Å². The second-order valence-corrected chi connectivity index (χ2v) is 8.88. The fourth-order valence-corrected chi connectivity index (χ4v) is 4.29. The van der Waals surface area contributed by atoms with E-state index in [-0.39, 0.29) is 24.0 Å². The summed E-state index contributed by atoms with van der Waals surface area (Å²) in [4.78, 5) is 43.2. The van der Waals surface area contributed by atoms with Gasteiger partial charge in [0.05, 0.1) is 7.11 Å². The van der Waals surface area contributed by atoms with E-state index in [1.54, 1.807) is 28.9 Å². The van der Waals surface area contributed by atoms with Crippen LogP contribution in [-0.4, -0.2) is 85.6 Å². The molecular formula is C22H33N5O4. The van der Waals surface area contributed by atoms with Crippen LogP contribution in [0, 0.1) is 5.41 Å². The summed E-state index contributed by atoms with van der Waals surface area (Å²) in [6.45, 7) is 6.47. The van der Waals surface area contributed by atoms with E-state index >= 15 is 0 Å². The van der Waals surface area contributed by atoms with Crippen LogP contribution in [0.25, 0.3) is 0 Å². The van der Waals surface area contributed by atoms with E-state index in [9.17, 15) is 14.4 Å². The number of hydrogen-bond acceptors (Lipinski definition) is 4. The summed E-state index contributed by atoms with van der Waals surface area (Å²) < 4.78 is 5.16. The first kappa shape index (κ1) is 22.7. The van der Waals surface area contributed by atoms with Crippen LogP contribution in [0.15, 0.2) is 24.3 Å². The van der Waals surface area contributed by atoms with Crippen LogP contribution in [0.2, 0.25) is 0 Å². The molecule has 3 rings (SSSR count). The Morgan fingerprint density at radius 3 is 2.19 bits per heavy atom. The standard InChI is InChI=1S/C22H33N5O4/c1-16(2)24-21(30)27-10-9-26(14-22(15-27)11-19(28)25(3)13-22)20(29)23-12-17-5-7-18(31-4)8-6-17/h5-8,16H,9-15H2,1-4H3,(H,23,29)(H,24,30)/t22-/m1/s1. The first-order chi connectivity index (χ1) is 14.7. The highest BCUT2D eigenvalue weighted by Crippen LogP contribution is 2.34. The maximum absolute atomic E-state index is 13.0. The van der Waals surface area contributed by atoms with Crippen molar-refractivity contribution in [3.63, 3.8) is 0 Å². The van der Waals surface area contributed by atoms with E-state index in [0.717, 1.165) is 11.3 Å². The molecule has 1 aromatic rings. The third kappa shape index (κ3) is 5.59. The third-order valence-corrected chi connectivity index (χ3v) is 5.81. The quantitative estimate of drug-likeness (QED) is 0.755. The van der Waals surface area contributed by atoms with Crippen molar-refractivity contribution in [2.45, 2.75) is 32.9 Å². The zero-order valence-electron chi connectivity index (χ0n) is 18.8. The maximum Gasteiger partial charge on any atom is 0.317 e. The summed E-state index contributed by atoms with van der Waals surface area (Å²) in [6, 6.07) is 7.20. The van der Waals surface area contributed by atoms with Crippen LogP contribution in [0.1, 0.15) is 25.8 Å². The van der Waals surface area contributed by atoms with E-state index in [1.807, 2.05) is 38.1 Å². The van der Waals surface area contributed by atoms with E-state index in [4.69, 9.17) is 4.74 Å². The minimum absolute atomic E-state index is 0.0171. The highest BCUT2D eigenvalue weighted by atomic mass is 16.5. The molecule has 2 saturated heterocycles. The lowest BCUT2D eigenvalue weighted by atomic mass is 9.86. The molecule has 0 bridgehead atoms. The largest absolute Gasteiger partial charge is 0.497 e. The lowest BCUT2D eigenvalue weighted by molar-refractivity contribution is -0.126. The summed E-state index contributed by atoms with van der Waals surface area (Å²) in [7, 11) is 3.39. The van der Waals surface area contributed by atoms with Crippen molar-refractivity contribution in [3.05, 3.63) is 29.8 Å². The number of rotatable bonds is 4. The molecule has 2 aliphatic rings. The lowest BCUT2D eigenvalue weighted by Crippen LogP contribution is -2.49. The van der Waals surface area contributed by atoms with Crippen molar-refractivity contribution in [1.82, 2.24) is 25.3 Å². The number of benzene rings is 1. The number of hydrogen-bond donors (Lipinski definition) is 2. The Hall–Kier alpha value is -2.97. The first-order valence-corrected chi connectivity index (χ1v) is 10.7. The van der Waals surface area contributed by atoms with E-state index < -0.39 is 5.41 Å². The summed E-state index contributed by atoms with van der Waals surface area (Å²) >= 11 is 0. The number of likely N-dealkylation sites (tertiary alicyclic amines) is 1. The van der Waals surface area contributed by atoms with Gasteiger partial charge in [-0.15, -0.1) is 0 Å². The number of amides is 5. The molecular weight excluding hydrogens is 398 g/mol. The van der Waals surface area contributed by atoms with Crippen molar-refractivity contribution in [2.75, 3.05) is 46.9 Å². The van der Waals surface area contributed by atoms with Crippen molar-refractivity contribution in [2.24, 2.45) is 5.41 Å². The fraction of sp³-hybridized carbons (Fsp3) is 0.591. The summed E-state index contributed by atoms with van der Waals surface area (Å²) in [5.74, 6) is 0.809. The van der Waals surface area contributed by atoms with Crippen molar-refractivity contribution in [1.29, 1.82) is 0 Å². The van der Waals surface area contributed by atoms with Gasteiger partial charge >= 0.3 is 12.1 Å². The van der Waals surface area contributed by atoms with E-state index in [0.29, 0.717) is 45.7 Å². The Kier molecular flexibility index (Phi) is 6.92. The molecule has 0 unspecified atom stereocenters. The van der Waals surface area contributed by atoms with Gasteiger partial charge in [-0.3, -0.25) is 4.79 Å². The molecule has 0 saturated carbocycles. The average Bonchev–Trinajstić information content (AvgIpc) is 2.88. The second-order valence-electron chi connectivity index (χ2n) is 8.88. The van der Waals surface area contributed by atoms with Crippen molar-refractivity contribution < 1.29 is 19.1 Å². The molecule has 0 aromatic heterocycles. The normalized spacial score (nSPS) is 21.5. The van der Waals surface area contributed by atoms with Gasteiger partial charge in [0.25, 0.3) is 0 Å². The highest BCUT2D eigenvalue weighted by molar-refractivity contribution is 5.81. The van der Waals surface area contributed by atoms with E-state index in [2.05, 4.69) is 10.6 Å². The molecule has 2 fully saturated rings. The van der Waals surface area contributed by atoms with Gasteiger partial charge in [-0.25, -0.2) is 9.59 Å². The number of carbonyl (C=O) groups is 3. The fourth-order valence-electron chi connectivity index (χ4n) is 4.29. The number of methoxy groups -OCH3 is 1. The number of nitrogens with one attached hydrogen (secondary N) is 2. The van der Waals surface area contributed by atoms with Gasteiger partial charge < -0.3 is 30.1 Å². The second kappa shape index (κ2) is 9.45. The Labute approximate surface area is 183 Å². The minimum Gasteiger partial charge on any atom is -0.497 e. The molecule has 0 radical (unpaired) electrons. The predicted molar refractivity (Wildman–Crippen MR) is 117 cm³/mol. The van der Waals surface area contributed by atoms with Gasteiger partial charge in [-0.1, -0.05) is 12.1 Å². The molecule has 1 spiro atoms. The van der Waals surface area contributed by atoms with Crippen LogP contribution in [0.3, 0.4) is 0 Å². The minimum atomic E-state index is -0.464. The SMILES string of the molecule is COc1ccc(CNC(=O)N2CCN(C(=O)NC(C)C)C[C@@]3(CC(=O)N(C)C3)C2)cc1. The number of nitrogens with zero attached hydrogens (tertiary/aromatic N) is 3. The first-order valence-electron chi connectivity index (χ1n) is 10.7. The molecule has 5 amide bonds. The van der Waals surface area contributed by atoms with Crippen molar-refractivity contribution >= 4 is 18.0 Å². The molecule has 2 heterocycles. The van der Waals surface area contributed by atoms with Gasteiger partial charge in [-0.05, 0) is 31.5 Å². The Balaban J connectivity index is 1.70. The number of urea groups is 2. The molecule has 2 N–H and O–H groups in total. The van der Waals surface area contributed by atoms with Crippen LogP contribution in [0.5, 0.6) is 5.75 Å². The lowest BCUT2D eigenvalue weighted by Gasteiger charge is -2.33. The smallest absolute Gasteiger partial charge is 0.317 e. The highest BCUT2D eigenvalue weighted by Gasteiger charge is 2.47. The van der Waals surface area contributed by atoms with Crippen LogP contribution < -0.4 is 15.4 Å². The summed E-state index contributed by atoms with van der Waals surface area (Å²) in [5, 5.41) is 5.90. The zero-order valence-corrected chi connectivity index (χ0v) is 18.8. The molecule has 170 valence electrons. The van der Waals surface area contributed by atoms with Gasteiger partial charge in [0, 0.05) is 64.2 Å². The third-order valence-electron chi connectivity index (χ3n) is 5.81. The monoisotopic (exact) mass is 431 g/mol. The molecule has 2 aliphatic heterocycles. The van der Waals surface area contributed by atoms with Crippen LogP contribution >= 0.6 is 0 Å². The number of carbonyl (C=O) groups excluding carboxylic acids is 3. The summed E-state index contributed by atoms with van der Waals surface area (Å²) in [6.07, 6.45) is 0.331. The molecule has 9 heteroatoms. The molecule has 31 heavy (non-hydrogen) atoms. The average molecular weight is 432 g/mol. The maximum atomic E-state index is 13.0. The van der Waals surface area contributed by atoms with E-state index in [1.165, 1.54) is 0 Å². The Bertz CT molecular complexity index is 813. The molecule has 9 nitrogen and oxygen atoms in total. The Morgan fingerprint density at radius 2 is 1.68 bits per heavy atom. The van der Waals surface area contributed by atoms with Gasteiger partial charge in [0.1, 0.15) is 5.75 Å². The van der Waals surface area contributed by atoms with Gasteiger partial charge in [0.15, 0.2) is 0 Å². The molecule has 1 atom stereocenters. The zero-order chi connectivity index (χ0) is 22.6. The van der Waals surface area contributed by atoms with Gasteiger partial charge in [-0.2, -0.15) is 0 Å². The molecule has 0 aliphatic carbocycles. The number of ether oxygens (including phenoxy) is 1. The van der Waals surface area contributed by atoms with Gasteiger partial charge in [0.2, 0.25) is 5.91 Å². The van der Waals surface area contributed by atoms with Crippen LogP contribution in [-0.2, 0) is 11.3 Å². The Morgan fingerprint density at radius 1 is 1.06 bits per heavy atom. The summed E-state index contributed by atoms with van der Waals surface area (Å²) in [5.41, 5.74) is 0.501. The predicted octanol–water partition coefficient (Wildman–Crippen LogP) is 1.49.